The molecule has 5 heterocycles. The third-order valence-electron chi connectivity index (χ3n) is 7.25. The zero-order chi connectivity index (χ0) is 26.4. The predicted molar refractivity (Wildman–Crippen MR) is 116 cm³/mol. The third kappa shape index (κ3) is 3.24. The number of alkyl halides is 3. The van der Waals surface area contributed by atoms with Crippen molar-refractivity contribution in [1.82, 2.24) is 20.3 Å². The Balaban J connectivity index is 1.56. The molecule has 2 aromatic heterocycles. The molecule has 3 aliphatic heterocycles. The number of aromatic nitrogens is 3. The molecule has 37 heavy (non-hydrogen) atoms. The van der Waals surface area contributed by atoms with Crippen molar-refractivity contribution >= 4 is 34.3 Å². The molecule has 194 valence electrons. The number of nitrogens with zero attached hydrogens (tertiary/aromatic N) is 4. The molecule has 4 atom stereocenters. The van der Waals surface area contributed by atoms with E-state index in [0.29, 0.717) is 0 Å². The van der Waals surface area contributed by atoms with Gasteiger partial charge in [-0.2, -0.15) is 18.3 Å². The number of hydrogen-bond acceptors (Lipinski definition) is 8. The van der Waals surface area contributed by atoms with E-state index >= 15 is 4.39 Å². The molecule has 2 fully saturated rings. The number of ketones is 1. The van der Waals surface area contributed by atoms with Gasteiger partial charge >= 0.3 is 6.18 Å². The summed E-state index contributed by atoms with van der Waals surface area (Å²) >= 11 is 0. The lowest BCUT2D eigenvalue weighted by Crippen LogP contribution is -2.72. The Labute approximate surface area is 205 Å². The van der Waals surface area contributed by atoms with Gasteiger partial charge in [-0.25, -0.2) is 9.07 Å². The molecule has 1 unspecified atom stereocenters. The summed E-state index contributed by atoms with van der Waals surface area (Å²) in [7, 11) is 0. The second kappa shape index (κ2) is 7.60. The normalized spacial score (nSPS) is 28.0. The fourth-order valence-electron chi connectivity index (χ4n) is 5.89. The standard InChI is InChI=1S/C23H19F4N5O5/c1-9-8-31-17-11(7-22(19(31)10(2)36-9)14(33)6-15(34)28-21(22)35)5-12-18(16(17)24)37-30-20(12)32-4-3-13(29-32)23(25,26)27/h3-5,9-10,19H,6-8H2,1-2H3,(H,28,34,35)/t9-,10+,19-,22?/m1/s1. The highest BCUT2D eigenvalue weighted by Crippen LogP contribution is 2.50. The second-order valence-corrected chi connectivity index (χ2v) is 9.60. The van der Waals surface area contributed by atoms with Crippen LogP contribution < -0.4 is 10.2 Å². The Hall–Kier alpha value is -3.81. The van der Waals surface area contributed by atoms with E-state index in [0.717, 1.165) is 16.9 Å². The van der Waals surface area contributed by atoms with Crippen LogP contribution in [0.25, 0.3) is 16.8 Å². The second-order valence-electron chi connectivity index (χ2n) is 9.60. The Morgan fingerprint density at radius 1 is 1.22 bits per heavy atom. The minimum atomic E-state index is -4.70. The number of fused-ring (bicyclic) bond motifs is 5. The van der Waals surface area contributed by atoms with Crippen LogP contribution in [-0.2, 0) is 31.7 Å². The monoisotopic (exact) mass is 521 g/mol. The molecule has 3 aromatic rings. The number of rotatable bonds is 1. The lowest BCUT2D eigenvalue weighted by molar-refractivity contribution is -0.158. The molecule has 0 saturated carbocycles. The number of morpholine rings is 1. The first-order valence-electron chi connectivity index (χ1n) is 11.5. The molecular formula is C23H19F4N5O5. The average Bonchev–Trinajstić information content (AvgIpc) is 3.44. The fraction of sp³-hybridized carbons (Fsp3) is 0.435. The molecule has 3 aliphatic rings. The Morgan fingerprint density at radius 2 is 1.97 bits per heavy atom. The first-order valence-corrected chi connectivity index (χ1v) is 11.5. The molecule has 0 radical (unpaired) electrons. The Morgan fingerprint density at radius 3 is 2.65 bits per heavy atom. The number of anilines is 1. The molecule has 10 nitrogen and oxygen atoms in total. The van der Waals surface area contributed by atoms with E-state index in [1.165, 1.54) is 6.07 Å². The first kappa shape index (κ1) is 23.6. The molecule has 0 aliphatic carbocycles. The number of ether oxygens (including phenoxy) is 1. The van der Waals surface area contributed by atoms with Gasteiger partial charge in [0.1, 0.15) is 5.41 Å². The summed E-state index contributed by atoms with van der Waals surface area (Å²) in [4.78, 5) is 40.2. The largest absolute Gasteiger partial charge is 0.435 e. The third-order valence-corrected chi connectivity index (χ3v) is 7.25. The number of Topliss-reactive ketones (excluding diaryl/α,β-unsaturated/α-hetero) is 1. The summed E-state index contributed by atoms with van der Waals surface area (Å²) in [5.41, 5.74) is -2.90. The number of hydrogen-bond donors (Lipinski definition) is 1. The SMILES string of the molecule is C[C@@H]1CN2c3c(cc4c(-n5ccc(C(F)(F)F)n5)noc4c3F)CC3(C(=O)CC(=O)NC3=O)[C@H]2[C@H](C)O1. The highest BCUT2D eigenvalue weighted by atomic mass is 19.4. The Bertz CT molecular complexity index is 1470. The quantitative estimate of drug-likeness (QED) is 0.295. The van der Waals surface area contributed by atoms with Gasteiger partial charge in [-0.3, -0.25) is 19.7 Å². The van der Waals surface area contributed by atoms with Gasteiger partial charge in [0.2, 0.25) is 23.2 Å². The molecule has 1 N–H and O–H groups in total. The zero-order valence-electron chi connectivity index (χ0n) is 19.4. The van der Waals surface area contributed by atoms with Gasteiger partial charge in [-0.05, 0) is 38.0 Å². The molecule has 2 amide bonds. The minimum Gasteiger partial charge on any atom is -0.372 e. The van der Waals surface area contributed by atoms with Crippen molar-refractivity contribution in [3.8, 4) is 5.82 Å². The van der Waals surface area contributed by atoms with Crippen LogP contribution in [0.1, 0.15) is 31.5 Å². The van der Waals surface area contributed by atoms with Crippen molar-refractivity contribution in [2.24, 2.45) is 5.41 Å². The zero-order valence-corrected chi connectivity index (χ0v) is 19.4. The van der Waals surface area contributed by atoms with Gasteiger partial charge in [0.25, 0.3) is 0 Å². The van der Waals surface area contributed by atoms with E-state index < -0.39 is 59.3 Å². The van der Waals surface area contributed by atoms with Gasteiger partial charge in [-0.1, -0.05) is 5.16 Å². The number of imide groups is 1. The van der Waals surface area contributed by atoms with Gasteiger partial charge in [0.05, 0.1) is 35.7 Å². The molecule has 0 bridgehead atoms. The van der Waals surface area contributed by atoms with E-state index in [1.54, 1.807) is 18.7 Å². The number of amides is 2. The van der Waals surface area contributed by atoms with E-state index in [2.05, 4.69) is 15.6 Å². The van der Waals surface area contributed by atoms with Crippen LogP contribution in [0.3, 0.4) is 0 Å². The smallest absolute Gasteiger partial charge is 0.372 e. The highest BCUT2D eigenvalue weighted by Gasteiger charge is 2.62. The maximum atomic E-state index is 16.0. The summed E-state index contributed by atoms with van der Waals surface area (Å²) in [6.45, 7) is 3.57. The van der Waals surface area contributed by atoms with Crippen LogP contribution in [0.4, 0.5) is 23.2 Å². The van der Waals surface area contributed by atoms with E-state index in [1.807, 2.05) is 0 Å². The number of benzene rings is 1. The molecule has 14 heteroatoms. The number of nitrogens with one attached hydrogen (secondary N) is 1. The lowest BCUT2D eigenvalue weighted by Gasteiger charge is -2.55. The van der Waals surface area contributed by atoms with Gasteiger partial charge < -0.3 is 14.2 Å². The maximum Gasteiger partial charge on any atom is 0.435 e. The summed E-state index contributed by atoms with van der Waals surface area (Å²) < 4.78 is 67.2. The molecule has 6 rings (SSSR count). The minimum absolute atomic E-state index is 0.00998. The van der Waals surface area contributed by atoms with Crippen LogP contribution >= 0.6 is 0 Å². The molecular weight excluding hydrogens is 502 g/mol. The van der Waals surface area contributed by atoms with Crippen LogP contribution in [-0.4, -0.2) is 57.3 Å². The van der Waals surface area contributed by atoms with Crippen molar-refractivity contribution in [2.45, 2.75) is 51.1 Å². The topological polar surface area (TPSA) is 120 Å². The van der Waals surface area contributed by atoms with Crippen molar-refractivity contribution in [1.29, 1.82) is 0 Å². The van der Waals surface area contributed by atoms with E-state index in [-0.39, 0.29) is 47.1 Å². The van der Waals surface area contributed by atoms with Crippen molar-refractivity contribution < 1.29 is 41.2 Å². The van der Waals surface area contributed by atoms with Gasteiger partial charge in [0, 0.05) is 12.7 Å². The summed E-state index contributed by atoms with van der Waals surface area (Å²) in [5, 5.41) is 9.49. The first-order chi connectivity index (χ1) is 17.4. The lowest BCUT2D eigenvalue weighted by atomic mass is 9.63. The highest BCUT2D eigenvalue weighted by molar-refractivity contribution is 6.22. The predicted octanol–water partition coefficient (Wildman–Crippen LogP) is 2.31. The molecule has 1 spiro atoms. The van der Waals surface area contributed by atoms with Crippen LogP contribution in [0, 0.1) is 11.2 Å². The number of piperidine rings is 1. The Kier molecular flexibility index (Phi) is 4.84. The van der Waals surface area contributed by atoms with Gasteiger partial charge in [0.15, 0.2) is 17.3 Å². The number of carbonyl (C=O) groups is 3. The van der Waals surface area contributed by atoms with Crippen LogP contribution in [0.15, 0.2) is 22.9 Å². The van der Waals surface area contributed by atoms with Crippen molar-refractivity contribution in [3.63, 3.8) is 0 Å². The summed E-state index contributed by atoms with van der Waals surface area (Å²) in [6.07, 6.45) is -5.53. The number of carbonyl (C=O) groups excluding carboxylic acids is 3. The fourth-order valence-corrected chi connectivity index (χ4v) is 5.89. The molecule has 2 saturated heterocycles. The summed E-state index contributed by atoms with van der Waals surface area (Å²) in [5.74, 6) is -3.16. The van der Waals surface area contributed by atoms with Crippen LogP contribution in [0.2, 0.25) is 0 Å². The van der Waals surface area contributed by atoms with Crippen molar-refractivity contribution in [3.05, 3.63) is 35.4 Å². The maximum absolute atomic E-state index is 16.0. The van der Waals surface area contributed by atoms with Crippen molar-refractivity contribution in [2.75, 3.05) is 11.4 Å². The van der Waals surface area contributed by atoms with E-state index in [4.69, 9.17) is 9.26 Å². The van der Waals surface area contributed by atoms with Crippen LogP contribution in [0.5, 0.6) is 0 Å². The number of halogens is 4. The molecule has 1 aromatic carbocycles. The summed E-state index contributed by atoms with van der Waals surface area (Å²) in [6, 6.07) is 1.27. The average molecular weight is 521 g/mol. The van der Waals surface area contributed by atoms with Gasteiger partial charge in [-0.15, -0.1) is 0 Å². The van der Waals surface area contributed by atoms with E-state index in [9.17, 15) is 27.6 Å².